The van der Waals surface area contributed by atoms with Gasteiger partial charge in [0.25, 0.3) is 0 Å². The van der Waals surface area contributed by atoms with Gasteiger partial charge in [0.2, 0.25) is 0 Å². The Morgan fingerprint density at radius 3 is 1.91 bits per heavy atom. The first-order valence-corrected chi connectivity index (χ1v) is 12.9. The number of hydrogen-bond donors (Lipinski definition) is 0. The first kappa shape index (κ1) is 19.2. The standard InChI is InChI=1S/C33H21NS/c1-20-14-16-24-25-17-15-21(19-31(25)35-30(24)18-20)34-29-13-7-6-12-28(29)32-26-10-4-2-8-22(26)23-9-3-5-11-27(23)33(32)34/h2-19H,1H3. The Morgan fingerprint density at radius 2 is 1.11 bits per heavy atom. The Morgan fingerprint density at radius 1 is 0.514 bits per heavy atom. The SMILES string of the molecule is Cc1ccc2c(c1)sc1cc(-n3c4ccccc4c4c5ccccc5c5ccccc5c43)ccc12. The Hall–Kier alpha value is -4.14. The number of para-hydroxylation sites is 1. The number of rotatable bonds is 1. The highest BCUT2D eigenvalue weighted by atomic mass is 32.1. The third-order valence-corrected chi connectivity index (χ3v) is 8.53. The van der Waals surface area contributed by atoms with Gasteiger partial charge in [-0.3, -0.25) is 0 Å². The van der Waals surface area contributed by atoms with Crippen LogP contribution >= 0.6 is 11.3 Å². The van der Waals surface area contributed by atoms with Crippen molar-refractivity contribution in [1.82, 2.24) is 4.57 Å². The third-order valence-electron chi connectivity index (χ3n) is 7.41. The van der Waals surface area contributed by atoms with Gasteiger partial charge >= 0.3 is 0 Å². The van der Waals surface area contributed by atoms with Crippen LogP contribution in [0.2, 0.25) is 0 Å². The van der Waals surface area contributed by atoms with Gasteiger partial charge in [0.05, 0.1) is 11.0 Å². The van der Waals surface area contributed by atoms with E-state index in [1.54, 1.807) is 0 Å². The summed E-state index contributed by atoms with van der Waals surface area (Å²) in [7, 11) is 0. The maximum atomic E-state index is 2.48. The zero-order valence-electron chi connectivity index (χ0n) is 19.2. The molecule has 0 radical (unpaired) electrons. The maximum Gasteiger partial charge on any atom is 0.0625 e. The fraction of sp³-hybridized carbons (Fsp3) is 0.0303. The second-order valence-corrected chi connectivity index (χ2v) is 10.5. The van der Waals surface area contributed by atoms with Crippen molar-refractivity contribution in [3.8, 4) is 5.69 Å². The molecule has 0 aliphatic heterocycles. The van der Waals surface area contributed by atoms with Gasteiger partial charge in [0.15, 0.2) is 0 Å². The van der Waals surface area contributed by atoms with E-state index in [0.717, 1.165) is 0 Å². The van der Waals surface area contributed by atoms with Crippen LogP contribution in [0.3, 0.4) is 0 Å². The Bertz CT molecular complexity index is 2120. The topological polar surface area (TPSA) is 4.93 Å². The van der Waals surface area contributed by atoms with Crippen LogP contribution in [-0.4, -0.2) is 4.57 Å². The van der Waals surface area contributed by atoms with Crippen LogP contribution in [0.5, 0.6) is 0 Å². The molecule has 0 unspecified atom stereocenters. The van der Waals surface area contributed by atoms with Crippen LogP contribution in [0.25, 0.3) is 69.2 Å². The largest absolute Gasteiger partial charge is 0.309 e. The highest BCUT2D eigenvalue weighted by molar-refractivity contribution is 7.25. The summed E-state index contributed by atoms with van der Waals surface area (Å²) >= 11 is 1.89. The lowest BCUT2D eigenvalue weighted by atomic mass is 9.97. The van der Waals surface area contributed by atoms with E-state index in [0.29, 0.717) is 0 Å². The summed E-state index contributed by atoms with van der Waals surface area (Å²) in [5.41, 5.74) is 5.06. The van der Waals surface area contributed by atoms with Gasteiger partial charge in [-0.05, 0) is 52.9 Å². The summed E-state index contributed by atoms with van der Waals surface area (Å²) in [5.74, 6) is 0. The minimum atomic E-state index is 1.22. The normalized spacial score (nSPS) is 12.1. The fourth-order valence-corrected chi connectivity index (χ4v) is 7.15. The smallest absolute Gasteiger partial charge is 0.0625 e. The van der Waals surface area contributed by atoms with Crippen LogP contribution in [-0.2, 0) is 0 Å². The Kier molecular flexibility index (Phi) is 3.81. The van der Waals surface area contributed by atoms with Crippen molar-refractivity contribution in [2.45, 2.75) is 6.92 Å². The predicted octanol–water partition coefficient (Wildman–Crippen LogP) is 9.77. The molecule has 0 bridgehead atoms. The Balaban J connectivity index is 1.58. The van der Waals surface area contributed by atoms with E-state index in [1.165, 1.54) is 74.8 Å². The van der Waals surface area contributed by atoms with Gasteiger partial charge < -0.3 is 4.57 Å². The predicted molar refractivity (Wildman–Crippen MR) is 153 cm³/mol. The molecule has 0 N–H and O–H groups in total. The number of benzene rings is 6. The second kappa shape index (κ2) is 6.94. The summed E-state index contributed by atoms with van der Waals surface area (Å²) in [6.45, 7) is 2.17. The molecule has 0 fully saturated rings. The summed E-state index contributed by atoms with van der Waals surface area (Å²) in [6.07, 6.45) is 0. The number of fused-ring (bicyclic) bond motifs is 11. The number of nitrogens with zero attached hydrogens (tertiary/aromatic N) is 1. The van der Waals surface area contributed by atoms with Crippen LogP contribution < -0.4 is 0 Å². The van der Waals surface area contributed by atoms with Gasteiger partial charge in [-0.15, -0.1) is 11.3 Å². The molecular weight excluding hydrogens is 442 g/mol. The van der Waals surface area contributed by atoms with Gasteiger partial charge in [-0.25, -0.2) is 0 Å². The summed E-state index contributed by atoms with van der Waals surface area (Å²) in [4.78, 5) is 0. The Labute approximate surface area is 206 Å². The molecule has 0 amide bonds. The lowest BCUT2D eigenvalue weighted by Gasteiger charge is -2.12. The van der Waals surface area contributed by atoms with Crippen LogP contribution in [0, 0.1) is 6.92 Å². The molecule has 0 aliphatic carbocycles. The van der Waals surface area contributed by atoms with Crippen molar-refractivity contribution < 1.29 is 0 Å². The molecule has 2 aromatic heterocycles. The average molecular weight is 464 g/mol. The van der Waals surface area contributed by atoms with Gasteiger partial charge in [0, 0.05) is 42.0 Å². The van der Waals surface area contributed by atoms with E-state index in [4.69, 9.17) is 0 Å². The molecule has 2 heterocycles. The molecule has 6 aromatic carbocycles. The molecule has 1 nitrogen and oxygen atoms in total. The minimum Gasteiger partial charge on any atom is -0.309 e. The first-order valence-electron chi connectivity index (χ1n) is 12.0. The molecule has 2 heteroatoms. The van der Waals surface area contributed by atoms with E-state index >= 15 is 0 Å². The van der Waals surface area contributed by atoms with Crippen molar-refractivity contribution in [2.75, 3.05) is 0 Å². The monoisotopic (exact) mass is 463 g/mol. The third kappa shape index (κ3) is 2.58. The zero-order valence-corrected chi connectivity index (χ0v) is 20.1. The molecule has 0 saturated carbocycles. The molecule has 8 aromatic rings. The number of aryl methyl sites for hydroxylation is 1. The highest BCUT2D eigenvalue weighted by Gasteiger charge is 2.19. The lowest BCUT2D eigenvalue weighted by molar-refractivity contribution is 1.19. The van der Waals surface area contributed by atoms with Gasteiger partial charge in [-0.2, -0.15) is 0 Å². The molecule has 0 atom stereocenters. The van der Waals surface area contributed by atoms with Crippen molar-refractivity contribution in [2.24, 2.45) is 0 Å². The molecule has 8 rings (SSSR count). The fourth-order valence-electron chi connectivity index (χ4n) is 5.91. The maximum absolute atomic E-state index is 2.48. The minimum absolute atomic E-state index is 1.22. The molecule has 0 aliphatic rings. The highest BCUT2D eigenvalue weighted by Crippen LogP contribution is 2.43. The van der Waals surface area contributed by atoms with Crippen molar-refractivity contribution in [3.63, 3.8) is 0 Å². The number of hydrogen-bond acceptors (Lipinski definition) is 1. The average Bonchev–Trinajstić information content (AvgIpc) is 3.44. The summed E-state index contributed by atoms with van der Waals surface area (Å²) < 4.78 is 5.17. The molecule has 35 heavy (non-hydrogen) atoms. The molecular formula is C33H21NS. The van der Waals surface area contributed by atoms with Crippen molar-refractivity contribution >= 4 is 74.9 Å². The van der Waals surface area contributed by atoms with E-state index < -0.39 is 0 Å². The lowest BCUT2D eigenvalue weighted by Crippen LogP contribution is -1.94. The van der Waals surface area contributed by atoms with Gasteiger partial charge in [0.1, 0.15) is 0 Å². The first-order chi connectivity index (χ1) is 17.3. The zero-order chi connectivity index (χ0) is 23.1. The quantitative estimate of drug-likeness (QED) is 0.213. The van der Waals surface area contributed by atoms with E-state index in [2.05, 4.69) is 121 Å². The van der Waals surface area contributed by atoms with Gasteiger partial charge in [-0.1, -0.05) is 84.9 Å². The number of aromatic nitrogens is 1. The van der Waals surface area contributed by atoms with Crippen molar-refractivity contribution in [3.05, 3.63) is 115 Å². The summed E-state index contributed by atoms with van der Waals surface area (Å²) in [6, 6.07) is 40.3. The number of thiophene rings is 1. The molecule has 0 saturated heterocycles. The van der Waals surface area contributed by atoms with Crippen LogP contribution in [0.4, 0.5) is 0 Å². The van der Waals surface area contributed by atoms with Crippen molar-refractivity contribution in [1.29, 1.82) is 0 Å². The van der Waals surface area contributed by atoms with E-state index in [-0.39, 0.29) is 0 Å². The van der Waals surface area contributed by atoms with Crippen LogP contribution in [0.1, 0.15) is 5.56 Å². The van der Waals surface area contributed by atoms with Crippen LogP contribution in [0.15, 0.2) is 109 Å². The molecule has 0 spiro atoms. The second-order valence-electron chi connectivity index (χ2n) is 9.45. The van der Waals surface area contributed by atoms with E-state index in [9.17, 15) is 0 Å². The molecule has 164 valence electrons. The summed E-state index contributed by atoms with van der Waals surface area (Å²) in [5, 5.41) is 10.6. The van der Waals surface area contributed by atoms with E-state index in [1.807, 2.05) is 11.3 Å².